The van der Waals surface area contributed by atoms with Crippen molar-refractivity contribution in [2.75, 3.05) is 0 Å². The zero-order chi connectivity index (χ0) is 0. The summed E-state index contributed by atoms with van der Waals surface area (Å²) in [5.74, 6) is 0. The summed E-state index contributed by atoms with van der Waals surface area (Å²) < 4.78 is 0. The van der Waals surface area contributed by atoms with E-state index in [-0.39, 0.29) is 92.4 Å². The van der Waals surface area contributed by atoms with E-state index < -0.39 is 0 Å². The molecule has 0 fully saturated rings. The molecule has 0 aliphatic carbocycles. The maximum absolute atomic E-state index is 0. The second-order valence-electron chi connectivity index (χ2n) is 0. The monoisotopic (exact) mass is 229 g/mol. The van der Waals surface area contributed by atoms with Crippen LogP contribution in [0.4, 0.5) is 0 Å². The van der Waals surface area contributed by atoms with E-state index in [1.54, 1.807) is 0 Å². The molecule has 0 N–H and O–H groups in total. The van der Waals surface area contributed by atoms with Crippen LogP contribution in [0.15, 0.2) is 0 Å². The molecular weight excluding hydrogens is 222 g/mol. The number of hydrogen-bond acceptors (Lipinski definition) is 0. The fraction of sp³-hybridized carbons (Fsp3) is 0. The van der Waals surface area contributed by atoms with Gasteiger partial charge >= 0.3 is 23.1 Å². The van der Waals surface area contributed by atoms with Crippen LogP contribution in [0.25, 0.3) is 0 Å². The molecule has 0 aromatic rings. The van der Waals surface area contributed by atoms with Gasteiger partial charge in [-0.15, -0.1) is 0 Å². The summed E-state index contributed by atoms with van der Waals surface area (Å²) >= 11 is 0. The van der Waals surface area contributed by atoms with Gasteiger partial charge in [-0.3, -0.25) is 0 Å². The molecule has 0 spiro atoms. The van der Waals surface area contributed by atoms with Crippen molar-refractivity contribution < 1.29 is 38.5 Å². The van der Waals surface area contributed by atoms with Gasteiger partial charge in [0.25, 0.3) is 0 Å². The van der Waals surface area contributed by atoms with Crippen molar-refractivity contribution in [2.45, 2.75) is 0 Å². The summed E-state index contributed by atoms with van der Waals surface area (Å²) in [6.07, 6.45) is 0. The summed E-state index contributed by atoms with van der Waals surface area (Å²) in [7, 11) is 0. The van der Waals surface area contributed by atoms with Crippen molar-refractivity contribution in [2.24, 2.45) is 0 Å². The molecule has 0 saturated heterocycles. The quantitative estimate of drug-likeness (QED) is 0.457. The summed E-state index contributed by atoms with van der Waals surface area (Å²) in [5, 5.41) is 0. The molecule has 0 heterocycles. The first-order valence-corrected chi connectivity index (χ1v) is 0. The van der Waals surface area contributed by atoms with Gasteiger partial charge in [0.2, 0.25) is 0 Å². The van der Waals surface area contributed by atoms with E-state index in [1.165, 1.54) is 0 Å². The number of hydrogen-bond donors (Lipinski definition) is 0. The molecule has 1 radical (unpaired) electrons. The SMILES string of the molecule is S.[AlH3].[H-].[H-].[La].[Mg+2]. The van der Waals surface area contributed by atoms with E-state index in [9.17, 15) is 0 Å². The van der Waals surface area contributed by atoms with E-state index in [1.807, 2.05) is 0 Å². The minimum Gasteiger partial charge on any atom is -1.00 e. The smallest absolute Gasteiger partial charge is 1.00 e. The summed E-state index contributed by atoms with van der Waals surface area (Å²) in [5.41, 5.74) is 0. The fourth-order valence-corrected chi connectivity index (χ4v) is 0. The van der Waals surface area contributed by atoms with Crippen LogP contribution in [-0.2, 0) is 0 Å². The molecule has 0 amide bonds. The van der Waals surface area contributed by atoms with Crippen LogP contribution in [0.5, 0.6) is 0 Å². The maximum atomic E-state index is 0. The third-order valence-corrected chi connectivity index (χ3v) is 0. The molecular formula is H7AlLaMgS. The topological polar surface area (TPSA) is 0 Å². The standard InChI is InChI=1S/Al.La.Mg.H2S.5H/h;;;1H2;;;;;/q;;+2;;;;;2*-1. The zero-order valence-corrected chi connectivity index (χ0v) is 7.82. The van der Waals surface area contributed by atoms with Gasteiger partial charge in [-0.2, -0.15) is 13.5 Å². The molecule has 0 aliphatic heterocycles. The molecule has 4 heteroatoms. The second-order valence-corrected chi connectivity index (χ2v) is 0. The largest absolute Gasteiger partial charge is 2.00 e. The van der Waals surface area contributed by atoms with Crippen molar-refractivity contribution in [3.05, 3.63) is 0 Å². The van der Waals surface area contributed by atoms with E-state index in [0.29, 0.717) is 0 Å². The first kappa shape index (κ1) is 28.9. The minimum absolute atomic E-state index is 0. The van der Waals surface area contributed by atoms with E-state index in [2.05, 4.69) is 0 Å². The molecule has 4 heavy (non-hydrogen) atoms. The van der Waals surface area contributed by atoms with Crippen molar-refractivity contribution in [3.63, 3.8) is 0 Å². The third kappa shape index (κ3) is 8.85. The first-order valence-electron chi connectivity index (χ1n) is 0. The second kappa shape index (κ2) is 17.0. The molecule has 0 aromatic heterocycles. The van der Waals surface area contributed by atoms with E-state index in [0.717, 1.165) is 0 Å². The van der Waals surface area contributed by atoms with Crippen LogP contribution < -0.4 is 0 Å². The molecule has 0 bridgehead atoms. The number of rotatable bonds is 0. The fourth-order valence-electron chi connectivity index (χ4n) is 0. The Kier molecular flexibility index (Phi) is 123. The molecule has 0 unspecified atom stereocenters. The van der Waals surface area contributed by atoms with Crippen LogP contribution in [0.3, 0.4) is 0 Å². The summed E-state index contributed by atoms with van der Waals surface area (Å²) in [6.45, 7) is 0. The van der Waals surface area contributed by atoms with Gasteiger partial charge in [-0.25, -0.2) is 0 Å². The normalized spacial score (nSPS) is 0. The van der Waals surface area contributed by atoms with Crippen LogP contribution in [0.2, 0.25) is 0 Å². The van der Waals surface area contributed by atoms with Crippen LogP contribution in [0.1, 0.15) is 2.85 Å². The van der Waals surface area contributed by atoms with E-state index in [4.69, 9.17) is 0 Å². The average molecular weight is 229 g/mol. The van der Waals surface area contributed by atoms with Gasteiger partial charge in [0.1, 0.15) is 0 Å². The zero-order valence-electron chi connectivity index (χ0n) is 3.78. The predicted octanol–water partition coefficient (Wildman–Crippen LogP) is -1.23. The molecule has 0 aliphatic rings. The van der Waals surface area contributed by atoms with Crippen LogP contribution in [0, 0.1) is 35.6 Å². The molecule has 0 saturated carbocycles. The Morgan fingerprint density at radius 3 is 1.25 bits per heavy atom. The molecule has 0 atom stereocenters. The molecule has 0 rings (SSSR count). The Bertz CT molecular complexity index is 13.5. The molecule has 0 nitrogen and oxygen atoms in total. The van der Waals surface area contributed by atoms with Gasteiger partial charge in [-0.1, -0.05) is 0 Å². The Balaban J connectivity index is 0. The summed E-state index contributed by atoms with van der Waals surface area (Å²) in [4.78, 5) is 0. The minimum atomic E-state index is 0. The average Bonchev–Trinajstić information content (AvgIpc) is 0. The maximum Gasteiger partial charge on any atom is 2.00 e. The van der Waals surface area contributed by atoms with Gasteiger partial charge in [0, 0.05) is 35.6 Å². The first-order chi connectivity index (χ1) is 0. The van der Waals surface area contributed by atoms with Crippen LogP contribution >= 0.6 is 13.5 Å². The van der Waals surface area contributed by atoms with Crippen molar-refractivity contribution in [1.29, 1.82) is 0 Å². The van der Waals surface area contributed by atoms with Crippen molar-refractivity contribution in [3.8, 4) is 0 Å². The Morgan fingerprint density at radius 2 is 1.25 bits per heavy atom. The predicted molar refractivity (Wildman–Crippen MR) is 28.3 cm³/mol. The van der Waals surface area contributed by atoms with Gasteiger partial charge in [0.05, 0.1) is 0 Å². The van der Waals surface area contributed by atoms with Gasteiger partial charge in [0.15, 0.2) is 17.4 Å². The Hall–Kier alpha value is 2.84. The van der Waals surface area contributed by atoms with E-state index >= 15 is 0 Å². The van der Waals surface area contributed by atoms with Gasteiger partial charge < -0.3 is 2.85 Å². The Morgan fingerprint density at radius 1 is 1.25 bits per heavy atom. The third-order valence-electron chi connectivity index (χ3n) is 0. The van der Waals surface area contributed by atoms with Crippen LogP contribution in [-0.4, -0.2) is 40.4 Å². The van der Waals surface area contributed by atoms with Crippen molar-refractivity contribution >= 4 is 53.9 Å². The van der Waals surface area contributed by atoms with Gasteiger partial charge in [-0.05, 0) is 0 Å². The molecule has 0 aromatic carbocycles. The van der Waals surface area contributed by atoms with Crippen molar-refractivity contribution in [1.82, 2.24) is 0 Å². The Labute approximate surface area is 90.8 Å². The summed E-state index contributed by atoms with van der Waals surface area (Å²) in [6, 6.07) is 0. The molecule has 21 valence electrons.